The molecule has 9 heteroatoms. The first kappa shape index (κ1) is 23.6. The zero-order chi connectivity index (χ0) is 24.8. The molecule has 0 saturated heterocycles. The van der Waals surface area contributed by atoms with Gasteiger partial charge >= 0.3 is 5.97 Å². The lowest BCUT2D eigenvalue weighted by atomic mass is 10.2. The molecule has 0 saturated carbocycles. The van der Waals surface area contributed by atoms with E-state index in [4.69, 9.17) is 4.74 Å². The Morgan fingerprint density at radius 1 is 0.971 bits per heavy atom. The summed E-state index contributed by atoms with van der Waals surface area (Å²) in [4.78, 5) is 46.5. The topological polar surface area (TPSA) is 105 Å². The molecule has 0 amide bonds. The van der Waals surface area contributed by atoms with Crippen molar-refractivity contribution in [2.24, 2.45) is 0 Å². The summed E-state index contributed by atoms with van der Waals surface area (Å²) in [7, 11) is 1.12. The number of benzene rings is 2. The highest BCUT2D eigenvalue weighted by Gasteiger charge is 2.23. The average molecular weight is 473 g/mol. The van der Waals surface area contributed by atoms with E-state index in [1.165, 1.54) is 10.9 Å². The second-order valence-electron chi connectivity index (χ2n) is 7.64. The van der Waals surface area contributed by atoms with Crippen molar-refractivity contribution in [3.63, 3.8) is 0 Å². The van der Waals surface area contributed by atoms with Gasteiger partial charge in [0, 0.05) is 6.08 Å². The third-order valence-electron chi connectivity index (χ3n) is 5.27. The molecule has 35 heavy (non-hydrogen) atoms. The van der Waals surface area contributed by atoms with Gasteiger partial charge in [-0.05, 0) is 18.1 Å². The Morgan fingerprint density at radius 2 is 1.60 bits per heavy atom. The Bertz CT molecular complexity index is 1440. The minimum atomic E-state index is -1.03. The van der Waals surface area contributed by atoms with Crippen LogP contribution < -0.4 is 5.56 Å². The van der Waals surface area contributed by atoms with Crippen molar-refractivity contribution in [2.75, 3.05) is 13.7 Å². The summed E-state index contributed by atoms with van der Waals surface area (Å²) in [5.74, 6) is -1.67. The Hall–Kier alpha value is -4.53. The molecular formula is C26H24N4O5. The van der Waals surface area contributed by atoms with E-state index in [9.17, 15) is 14.4 Å². The van der Waals surface area contributed by atoms with Gasteiger partial charge in [-0.15, -0.1) is 0 Å². The van der Waals surface area contributed by atoms with E-state index in [1.54, 1.807) is 11.5 Å². The standard InChI is InChI=1S/C26H24N4O5/c1-3-35-21(14-20(31)26(33)34-2)23-28-22-24(30(23)16-19-12-8-5-9-13-19)27-17-29(25(22)32)15-18-10-6-4-7-11-18/h4-14,17H,3,15-16H2,1-2H3/b21-14-. The lowest BCUT2D eigenvalue weighted by molar-refractivity contribution is -0.149. The van der Waals surface area contributed by atoms with Crippen molar-refractivity contribution in [1.82, 2.24) is 19.1 Å². The third kappa shape index (κ3) is 5.19. The van der Waals surface area contributed by atoms with Crippen LogP contribution in [0.25, 0.3) is 16.9 Å². The molecule has 0 N–H and O–H groups in total. The fourth-order valence-corrected chi connectivity index (χ4v) is 3.63. The van der Waals surface area contributed by atoms with Crippen LogP contribution in [0.15, 0.2) is 77.9 Å². The number of hydrogen-bond acceptors (Lipinski definition) is 7. The van der Waals surface area contributed by atoms with E-state index in [-0.39, 0.29) is 29.3 Å². The second kappa shape index (κ2) is 10.6. The summed E-state index contributed by atoms with van der Waals surface area (Å²) in [6, 6.07) is 19.1. The molecule has 0 unspecified atom stereocenters. The van der Waals surface area contributed by atoms with E-state index in [1.807, 2.05) is 60.7 Å². The Kier molecular flexibility index (Phi) is 7.15. The average Bonchev–Trinajstić information content (AvgIpc) is 3.25. The van der Waals surface area contributed by atoms with Gasteiger partial charge < -0.3 is 14.0 Å². The maximum atomic E-state index is 13.4. The van der Waals surface area contributed by atoms with Gasteiger partial charge in [0.15, 0.2) is 22.7 Å². The number of nitrogens with zero attached hydrogens (tertiary/aromatic N) is 4. The molecule has 0 aliphatic carbocycles. The largest absolute Gasteiger partial charge is 0.490 e. The van der Waals surface area contributed by atoms with Crippen LogP contribution in [0.1, 0.15) is 23.9 Å². The van der Waals surface area contributed by atoms with Gasteiger partial charge in [-0.1, -0.05) is 60.7 Å². The number of carbonyl (C=O) groups excluding carboxylic acids is 2. The quantitative estimate of drug-likeness (QED) is 0.160. The van der Waals surface area contributed by atoms with E-state index < -0.39 is 11.8 Å². The van der Waals surface area contributed by atoms with Crippen LogP contribution in [0.5, 0.6) is 0 Å². The van der Waals surface area contributed by atoms with E-state index >= 15 is 0 Å². The predicted molar refractivity (Wildman–Crippen MR) is 130 cm³/mol. The van der Waals surface area contributed by atoms with Gasteiger partial charge in [-0.25, -0.2) is 14.8 Å². The third-order valence-corrected chi connectivity index (χ3v) is 5.27. The van der Waals surface area contributed by atoms with Crippen molar-refractivity contribution < 1.29 is 19.1 Å². The zero-order valence-electron chi connectivity index (χ0n) is 19.4. The zero-order valence-corrected chi connectivity index (χ0v) is 19.4. The van der Waals surface area contributed by atoms with Crippen LogP contribution >= 0.6 is 0 Å². The number of imidazole rings is 1. The summed E-state index contributed by atoms with van der Waals surface area (Å²) in [6.45, 7) is 2.60. The Balaban J connectivity index is 1.88. The SMILES string of the molecule is CCO/C(=C\C(=O)C(=O)OC)c1nc2c(=O)n(Cc3ccccc3)cnc2n1Cc1ccccc1. The molecule has 0 aliphatic heterocycles. The molecule has 0 radical (unpaired) electrons. The van der Waals surface area contributed by atoms with Crippen LogP contribution in [0.2, 0.25) is 0 Å². The fourth-order valence-electron chi connectivity index (χ4n) is 3.63. The molecule has 2 aromatic heterocycles. The number of ether oxygens (including phenoxy) is 2. The van der Waals surface area contributed by atoms with Crippen LogP contribution in [0.3, 0.4) is 0 Å². The summed E-state index contributed by atoms with van der Waals surface area (Å²) < 4.78 is 13.4. The molecule has 0 aliphatic rings. The first-order chi connectivity index (χ1) is 17.0. The lowest BCUT2D eigenvalue weighted by Gasteiger charge is -2.12. The highest BCUT2D eigenvalue weighted by atomic mass is 16.5. The number of fused-ring (bicyclic) bond motifs is 1. The first-order valence-corrected chi connectivity index (χ1v) is 11.0. The highest BCUT2D eigenvalue weighted by Crippen LogP contribution is 2.22. The molecule has 178 valence electrons. The van der Waals surface area contributed by atoms with Crippen molar-refractivity contribution in [3.05, 3.63) is 100 Å². The summed E-state index contributed by atoms with van der Waals surface area (Å²) in [5.41, 5.74) is 2.01. The molecule has 2 aromatic carbocycles. The number of esters is 1. The number of hydrogen-bond donors (Lipinski definition) is 0. The number of ketones is 1. The Labute approximate surface area is 201 Å². The number of rotatable bonds is 9. The molecular weight excluding hydrogens is 448 g/mol. The van der Waals surface area contributed by atoms with Gasteiger partial charge in [0.1, 0.15) is 6.33 Å². The first-order valence-electron chi connectivity index (χ1n) is 11.0. The Morgan fingerprint density at radius 3 is 2.20 bits per heavy atom. The fraction of sp³-hybridized carbons (Fsp3) is 0.192. The molecule has 0 bridgehead atoms. The smallest absolute Gasteiger partial charge is 0.378 e. The number of aromatic nitrogens is 4. The molecule has 9 nitrogen and oxygen atoms in total. The molecule has 4 rings (SSSR count). The number of carbonyl (C=O) groups is 2. The van der Waals surface area contributed by atoms with Crippen LogP contribution in [-0.4, -0.2) is 44.6 Å². The maximum Gasteiger partial charge on any atom is 0.378 e. The van der Waals surface area contributed by atoms with Crippen molar-refractivity contribution in [1.29, 1.82) is 0 Å². The molecule has 2 heterocycles. The van der Waals surface area contributed by atoms with Crippen LogP contribution in [-0.2, 0) is 32.2 Å². The monoisotopic (exact) mass is 472 g/mol. The van der Waals surface area contributed by atoms with Gasteiger partial charge in [-0.3, -0.25) is 14.2 Å². The van der Waals surface area contributed by atoms with Crippen LogP contribution in [0, 0.1) is 0 Å². The van der Waals surface area contributed by atoms with Crippen molar-refractivity contribution in [3.8, 4) is 0 Å². The van der Waals surface area contributed by atoms with E-state index in [0.717, 1.165) is 24.3 Å². The van der Waals surface area contributed by atoms with Crippen molar-refractivity contribution >= 4 is 28.7 Å². The molecule has 0 atom stereocenters. The summed E-state index contributed by atoms with van der Waals surface area (Å²) in [6.07, 6.45) is 2.51. The van der Waals surface area contributed by atoms with Gasteiger partial charge in [-0.2, -0.15) is 0 Å². The number of methoxy groups -OCH3 is 1. The van der Waals surface area contributed by atoms with E-state index in [0.29, 0.717) is 18.7 Å². The highest BCUT2D eigenvalue weighted by molar-refractivity contribution is 6.39. The lowest BCUT2D eigenvalue weighted by Crippen LogP contribution is -2.21. The van der Waals surface area contributed by atoms with Gasteiger partial charge in [0.2, 0.25) is 0 Å². The molecule has 0 spiro atoms. The second-order valence-corrected chi connectivity index (χ2v) is 7.64. The van der Waals surface area contributed by atoms with E-state index in [2.05, 4.69) is 14.7 Å². The summed E-state index contributed by atoms with van der Waals surface area (Å²) >= 11 is 0. The normalized spacial score (nSPS) is 11.4. The van der Waals surface area contributed by atoms with Crippen molar-refractivity contribution in [2.45, 2.75) is 20.0 Å². The minimum Gasteiger partial charge on any atom is -0.490 e. The maximum absolute atomic E-state index is 13.4. The molecule has 4 aromatic rings. The minimum absolute atomic E-state index is 0.0471. The summed E-state index contributed by atoms with van der Waals surface area (Å²) in [5, 5.41) is 0. The van der Waals surface area contributed by atoms with Gasteiger partial charge in [0.05, 0.1) is 26.8 Å². The predicted octanol–water partition coefficient (Wildman–Crippen LogP) is 2.81. The van der Waals surface area contributed by atoms with Gasteiger partial charge in [0.25, 0.3) is 11.3 Å². The molecule has 0 fully saturated rings. The van der Waals surface area contributed by atoms with Crippen LogP contribution in [0.4, 0.5) is 0 Å².